The van der Waals surface area contributed by atoms with Crippen LogP contribution in [0.25, 0.3) is 53.8 Å². The van der Waals surface area contributed by atoms with Gasteiger partial charge in [-0.2, -0.15) is 11.3 Å². The van der Waals surface area contributed by atoms with Crippen LogP contribution in [0.4, 0.5) is 0 Å². The minimum absolute atomic E-state index is 0. The molecule has 233 valence electrons. The minimum Gasteiger partial charge on any atom is -0.305 e. The molecule has 0 saturated heterocycles. The van der Waals surface area contributed by atoms with Crippen LogP contribution in [0.1, 0.15) is 30.9 Å². The van der Waals surface area contributed by atoms with E-state index in [1.165, 1.54) is 47.6 Å². The zero-order valence-corrected chi connectivity index (χ0v) is 31.4. The van der Waals surface area contributed by atoms with Gasteiger partial charge < -0.3 is 9.97 Å². The van der Waals surface area contributed by atoms with Gasteiger partial charge in [0.1, 0.15) is 0 Å². The molecule has 0 atom stereocenters. The Hall–Kier alpha value is -3.73. The van der Waals surface area contributed by atoms with Crippen molar-refractivity contribution in [3.8, 4) is 33.6 Å². The Morgan fingerprint density at radius 2 is 1.48 bits per heavy atom. The Morgan fingerprint density at radius 3 is 2.17 bits per heavy atom. The number of fused-ring (bicyclic) bond motifs is 3. The van der Waals surface area contributed by atoms with Gasteiger partial charge in [0.2, 0.25) is 0 Å². The first kappa shape index (κ1) is 33.6. The van der Waals surface area contributed by atoms with Crippen molar-refractivity contribution in [2.45, 2.75) is 46.3 Å². The Balaban J connectivity index is 0.000000200. The molecule has 0 spiro atoms. The number of pyridine rings is 2. The summed E-state index contributed by atoms with van der Waals surface area (Å²) in [6.07, 6.45) is 3.97. The fourth-order valence-electron chi connectivity index (χ4n) is 5.78. The molecule has 0 amide bonds. The molecule has 0 aliphatic carbocycles. The number of hydrogen-bond acceptors (Lipinski definition) is 3. The van der Waals surface area contributed by atoms with Crippen molar-refractivity contribution in [3.63, 3.8) is 0 Å². The van der Waals surface area contributed by atoms with Crippen LogP contribution in [0, 0.1) is 19.1 Å². The largest absolute Gasteiger partial charge is 0.305 e. The van der Waals surface area contributed by atoms with Crippen LogP contribution in [-0.4, -0.2) is 18.0 Å². The van der Waals surface area contributed by atoms with Crippen LogP contribution in [0.3, 0.4) is 0 Å². The fraction of sp³-hybridized carbons (Fsp3) is 0.171. The summed E-state index contributed by atoms with van der Waals surface area (Å²) < 4.78 is 2.58. The van der Waals surface area contributed by atoms with E-state index in [-0.39, 0.29) is 20.1 Å². The van der Waals surface area contributed by atoms with Gasteiger partial charge in [0.05, 0.1) is 8.07 Å². The van der Waals surface area contributed by atoms with Gasteiger partial charge in [-0.3, -0.25) is 0 Å². The Morgan fingerprint density at radius 1 is 0.717 bits per heavy atom. The van der Waals surface area contributed by atoms with Gasteiger partial charge in [-0.1, -0.05) is 111 Å². The molecule has 0 N–H and O–H groups in total. The first-order valence-electron chi connectivity index (χ1n) is 15.5. The number of aryl methyl sites for hydroxylation is 1. The van der Waals surface area contributed by atoms with E-state index in [9.17, 15) is 0 Å². The van der Waals surface area contributed by atoms with Gasteiger partial charge in [-0.15, -0.1) is 59.7 Å². The van der Waals surface area contributed by atoms with E-state index in [0.717, 1.165) is 22.5 Å². The smallest absolute Gasteiger partial charge is 0.0798 e. The molecule has 0 fully saturated rings. The van der Waals surface area contributed by atoms with E-state index in [0.29, 0.717) is 5.92 Å². The van der Waals surface area contributed by atoms with Crippen LogP contribution in [-0.2, 0) is 20.1 Å². The van der Waals surface area contributed by atoms with Gasteiger partial charge in [-0.25, -0.2) is 0 Å². The average Bonchev–Trinajstić information content (AvgIpc) is 3.44. The minimum atomic E-state index is -1.27. The number of nitrogens with zero attached hydrogens (tertiary/aromatic N) is 2. The van der Waals surface area contributed by atoms with Crippen molar-refractivity contribution in [2.75, 3.05) is 0 Å². The van der Waals surface area contributed by atoms with Crippen molar-refractivity contribution < 1.29 is 20.1 Å². The van der Waals surface area contributed by atoms with E-state index in [2.05, 4.69) is 148 Å². The van der Waals surface area contributed by atoms with Gasteiger partial charge >= 0.3 is 0 Å². The third kappa shape index (κ3) is 7.14. The first-order valence-corrected chi connectivity index (χ1v) is 19.8. The number of thiophene rings is 1. The summed E-state index contributed by atoms with van der Waals surface area (Å²) in [5.74, 6) is 0.480. The van der Waals surface area contributed by atoms with Gasteiger partial charge in [0.15, 0.2) is 0 Å². The third-order valence-electron chi connectivity index (χ3n) is 8.15. The van der Waals surface area contributed by atoms with Crippen LogP contribution in [0.2, 0.25) is 19.6 Å². The molecular weight excluding hydrogens is 773 g/mol. The van der Waals surface area contributed by atoms with E-state index >= 15 is 0 Å². The molecule has 0 bridgehead atoms. The summed E-state index contributed by atoms with van der Waals surface area (Å²) in [5, 5.41) is 4.03. The summed E-state index contributed by atoms with van der Waals surface area (Å²) in [7, 11) is -1.27. The van der Waals surface area contributed by atoms with Crippen molar-refractivity contribution >= 4 is 44.8 Å². The predicted molar refractivity (Wildman–Crippen MR) is 197 cm³/mol. The summed E-state index contributed by atoms with van der Waals surface area (Å²) >= 11 is 1.85. The van der Waals surface area contributed by atoms with Gasteiger partial charge in [0.25, 0.3) is 0 Å². The van der Waals surface area contributed by atoms with Gasteiger partial charge in [0, 0.05) is 37.2 Å². The third-order valence-corrected chi connectivity index (χ3v) is 11.6. The molecule has 0 unspecified atom stereocenters. The molecule has 7 rings (SSSR count). The molecule has 0 aliphatic heterocycles. The molecule has 2 nitrogen and oxygen atoms in total. The number of rotatable bonds is 5. The monoisotopic (exact) mass is 811 g/mol. The molecule has 3 heterocycles. The second-order valence-corrected chi connectivity index (χ2v) is 18.8. The topological polar surface area (TPSA) is 25.8 Å². The van der Waals surface area contributed by atoms with E-state index in [4.69, 9.17) is 0 Å². The van der Waals surface area contributed by atoms with E-state index in [1.54, 1.807) is 0 Å². The molecule has 0 saturated carbocycles. The summed E-state index contributed by atoms with van der Waals surface area (Å²) in [4.78, 5) is 9.25. The van der Waals surface area contributed by atoms with Crippen molar-refractivity contribution in [2.24, 2.45) is 0 Å². The Labute approximate surface area is 292 Å². The molecule has 7 aromatic rings. The Kier molecular flexibility index (Phi) is 10.5. The van der Waals surface area contributed by atoms with Crippen LogP contribution in [0.5, 0.6) is 0 Å². The molecule has 46 heavy (non-hydrogen) atoms. The van der Waals surface area contributed by atoms with Crippen molar-refractivity contribution in [1.29, 1.82) is 0 Å². The van der Waals surface area contributed by atoms with Crippen LogP contribution < -0.4 is 5.19 Å². The van der Waals surface area contributed by atoms with Crippen molar-refractivity contribution in [1.82, 2.24) is 9.97 Å². The molecule has 5 heteroatoms. The SMILES string of the molecule is CC(C)c1ccnc(-c2[c-]ccc3c2sc2c(-c4ccccc4)cccc23)c1.Cc1cc(-c2[c-]cccc2)ncc1[Si](C)(C)C.[Ir]. The van der Waals surface area contributed by atoms with E-state index in [1.807, 2.05) is 41.8 Å². The van der Waals surface area contributed by atoms with Crippen LogP contribution in [0.15, 0.2) is 116 Å². The second-order valence-electron chi connectivity index (χ2n) is 12.8. The van der Waals surface area contributed by atoms with E-state index < -0.39 is 8.07 Å². The molecule has 0 aliphatic rings. The molecular formula is C41H38IrN2SSi-2. The summed E-state index contributed by atoms with van der Waals surface area (Å²) in [6.45, 7) is 13.7. The predicted octanol–water partition coefficient (Wildman–Crippen LogP) is 11.1. The maximum absolute atomic E-state index is 4.67. The maximum atomic E-state index is 4.67. The second kappa shape index (κ2) is 14.4. The quantitative estimate of drug-likeness (QED) is 0.128. The van der Waals surface area contributed by atoms with Crippen LogP contribution >= 0.6 is 11.3 Å². The number of aromatic nitrogens is 2. The molecule has 4 aromatic carbocycles. The standard InChI is InChI=1S/C26H20NS.C15H18NSi.Ir/c1-17(2)19-14-15-27-24(16-19)23-13-7-12-22-21-11-6-10-20(25(21)28-26(22)23)18-8-4-3-5-9-18;1-12-10-14(13-8-6-5-7-9-13)16-11-15(12)17(2,3)4;/h3-12,14-17H,1-2H3;5-8,10-11H,1-4H3;/q2*-1;. The maximum Gasteiger partial charge on any atom is 0.0798 e. The molecule has 3 aromatic heterocycles. The summed E-state index contributed by atoms with van der Waals surface area (Å²) in [6, 6.07) is 42.6. The van der Waals surface area contributed by atoms with Gasteiger partial charge in [-0.05, 0) is 56.7 Å². The average molecular weight is 811 g/mol. The first-order chi connectivity index (χ1) is 21.7. The van der Waals surface area contributed by atoms with Crippen molar-refractivity contribution in [3.05, 3.63) is 139 Å². The zero-order valence-electron chi connectivity index (χ0n) is 27.2. The fourth-order valence-corrected chi connectivity index (χ4v) is 8.83. The Bertz CT molecular complexity index is 2080. The normalized spacial score (nSPS) is 11.3. The number of benzene rings is 4. The zero-order chi connectivity index (χ0) is 31.6. The molecule has 1 radical (unpaired) electrons. The summed E-state index contributed by atoms with van der Waals surface area (Å²) in [5.41, 5.74) is 9.39. The number of hydrogen-bond donors (Lipinski definition) is 0.